The van der Waals surface area contributed by atoms with Crippen LogP contribution >= 0.6 is 15.9 Å². The third-order valence-corrected chi connectivity index (χ3v) is 2.56. The number of benzene rings is 1. The number of rotatable bonds is 4. The lowest BCUT2D eigenvalue weighted by Crippen LogP contribution is -2.03. The summed E-state index contributed by atoms with van der Waals surface area (Å²) in [6.45, 7) is 0.935. The molecule has 0 aromatic heterocycles. The Kier molecular flexibility index (Phi) is 4.79. The van der Waals surface area contributed by atoms with Crippen LogP contribution in [-0.4, -0.2) is 13.6 Å². The maximum absolute atomic E-state index is 3.52. The fourth-order valence-corrected chi connectivity index (χ4v) is 1.52. The van der Waals surface area contributed by atoms with Gasteiger partial charge in [-0.1, -0.05) is 46.3 Å². The standard InChI is InChI=1S/C11H14BrN/c1-13-9-5-4-7-10-6-2-3-8-11(10)12/h2-6,8,13H,7,9H2,1H3/b5-4-. The van der Waals surface area contributed by atoms with Gasteiger partial charge in [0, 0.05) is 11.0 Å². The molecular formula is C11H14BrN. The van der Waals surface area contributed by atoms with E-state index < -0.39 is 0 Å². The molecule has 0 bridgehead atoms. The topological polar surface area (TPSA) is 12.0 Å². The van der Waals surface area contributed by atoms with Gasteiger partial charge in [0.25, 0.3) is 0 Å². The smallest absolute Gasteiger partial charge is 0.0210 e. The maximum atomic E-state index is 3.52. The van der Waals surface area contributed by atoms with Gasteiger partial charge in [-0.05, 0) is 25.1 Å². The van der Waals surface area contributed by atoms with E-state index in [9.17, 15) is 0 Å². The lowest BCUT2D eigenvalue weighted by Gasteiger charge is -1.99. The van der Waals surface area contributed by atoms with Crippen LogP contribution in [0, 0.1) is 0 Å². The number of halogens is 1. The predicted octanol–water partition coefficient (Wildman–Crippen LogP) is 2.77. The van der Waals surface area contributed by atoms with Crippen LogP contribution in [-0.2, 0) is 6.42 Å². The first-order chi connectivity index (χ1) is 6.34. The molecule has 1 rings (SSSR count). The quantitative estimate of drug-likeness (QED) is 0.798. The van der Waals surface area contributed by atoms with Crippen LogP contribution in [0.4, 0.5) is 0 Å². The minimum absolute atomic E-state index is 0.935. The van der Waals surface area contributed by atoms with Gasteiger partial charge in [0.2, 0.25) is 0 Å². The van der Waals surface area contributed by atoms with Crippen molar-refractivity contribution in [1.29, 1.82) is 0 Å². The lowest BCUT2D eigenvalue weighted by molar-refractivity contribution is 0.916. The Labute approximate surface area is 88.0 Å². The Balaban J connectivity index is 2.49. The van der Waals surface area contributed by atoms with Gasteiger partial charge in [-0.25, -0.2) is 0 Å². The summed E-state index contributed by atoms with van der Waals surface area (Å²) in [6, 6.07) is 8.30. The van der Waals surface area contributed by atoms with Gasteiger partial charge in [-0.15, -0.1) is 0 Å². The fourth-order valence-electron chi connectivity index (χ4n) is 1.08. The molecule has 0 aliphatic carbocycles. The molecule has 0 saturated heterocycles. The third kappa shape index (κ3) is 3.75. The molecule has 13 heavy (non-hydrogen) atoms. The molecule has 0 atom stereocenters. The summed E-state index contributed by atoms with van der Waals surface area (Å²) in [4.78, 5) is 0. The number of likely N-dealkylation sites (N-methyl/N-ethyl adjacent to an activating group) is 1. The first kappa shape index (κ1) is 10.5. The summed E-state index contributed by atoms with van der Waals surface area (Å²) in [6.07, 6.45) is 5.30. The Morgan fingerprint density at radius 1 is 1.31 bits per heavy atom. The zero-order valence-corrected chi connectivity index (χ0v) is 9.34. The zero-order chi connectivity index (χ0) is 9.52. The highest BCUT2D eigenvalue weighted by Gasteiger charge is 1.93. The Morgan fingerprint density at radius 3 is 2.77 bits per heavy atom. The average molecular weight is 240 g/mol. The lowest BCUT2D eigenvalue weighted by atomic mass is 10.1. The van der Waals surface area contributed by atoms with Gasteiger partial charge in [0.15, 0.2) is 0 Å². The van der Waals surface area contributed by atoms with Crippen molar-refractivity contribution in [2.45, 2.75) is 6.42 Å². The predicted molar refractivity (Wildman–Crippen MR) is 60.9 cm³/mol. The maximum Gasteiger partial charge on any atom is 0.0210 e. The van der Waals surface area contributed by atoms with Gasteiger partial charge in [0.05, 0.1) is 0 Å². The van der Waals surface area contributed by atoms with Crippen molar-refractivity contribution in [3.8, 4) is 0 Å². The Hall–Kier alpha value is -0.600. The molecule has 0 fully saturated rings. The molecule has 1 aromatic rings. The molecule has 1 nitrogen and oxygen atoms in total. The SMILES string of the molecule is CNC/C=C\Cc1ccccc1Br. The van der Waals surface area contributed by atoms with E-state index in [2.05, 4.69) is 51.6 Å². The van der Waals surface area contributed by atoms with Crippen molar-refractivity contribution in [2.75, 3.05) is 13.6 Å². The molecule has 1 aromatic carbocycles. The summed E-state index contributed by atoms with van der Waals surface area (Å²) < 4.78 is 1.18. The van der Waals surface area contributed by atoms with Gasteiger partial charge < -0.3 is 5.32 Å². The van der Waals surface area contributed by atoms with E-state index in [4.69, 9.17) is 0 Å². The van der Waals surface area contributed by atoms with E-state index in [0.717, 1.165) is 13.0 Å². The molecule has 0 heterocycles. The van der Waals surface area contributed by atoms with Crippen molar-refractivity contribution in [2.24, 2.45) is 0 Å². The second-order valence-corrected chi connectivity index (χ2v) is 3.68. The molecule has 0 spiro atoms. The average Bonchev–Trinajstić information content (AvgIpc) is 2.15. The summed E-state index contributed by atoms with van der Waals surface area (Å²) >= 11 is 3.52. The highest BCUT2D eigenvalue weighted by atomic mass is 79.9. The highest BCUT2D eigenvalue weighted by molar-refractivity contribution is 9.10. The Morgan fingerprint density at radius 2 is 2.08 bits per heavy atom. The van der Waals surface area contributed by atoms with Crippen LogP contribution in [0.5, 0.6) is 0 Å². The molecule has 1 N–H and O–H groups in total. The van der Waals surface area contributed by atoms with Crippen molar-refractivity contribution in [3.63, 3.8) is 0 Å². The largest absolute Gasteiger partial charge is 0.316 e. The second kappa shape index (κ2) is 5.95. The van der Waals surface area contributed by atoms with Crippen molar-refractivity contribution >= 4 is 15.9 Å². The van der Waals surface area contributed by atoms with E-state index in [0.29, 0.717) is 0 Å². The van der Waals surface area contributed by atoms with Crippen LogP contribution in [0.15, 0.2) is 40.9 Å². The van der Waals surface area contributed by atoms with Gasteiger partial charge in [-0.2, -0.15) is 0 Å². The van der Waals surface area contributed by atoms with Crippen LogP contribution in [0.2, 0.25) is 0 Å². The van der Waals surface area contributed by atoms with E-state index in [-0.39, 0.29) is 0 Å². The summed E-state index contributed by atoms with van der Waals surface area (Å²) in [5, 5.41) is 3.07. The summed E-state index contributed by atoms with van der Waals surface area (Å²) in [5.41, 5.74) is 1.33. The minimum atomic E-state index is 0.935. The first-order valence-corrected chi connectivity index (χ1v) is 5.17. The molecule has 0 aliphatic rings. The van der Waals surface area contributed by atoms with Crippen molar-refractivity contribution in [3.05, 3.63) is 46.5 Å². The number of nitrogens with one attached hydrogen (secondary N) is 1. The van der Waals surface area contributed by atoms with Crippen LogP contribution in [0.3, 0.4) is 0 Å². The summed E-state index contributed by atoms with van der Waals surface area (Å²) in [7, 11) is 1.95. The first-order valence-electron chi connectivity index (χ1n) is 4.37. The Bertz CT molecular complexity index is 281. The molecule has 0 radical (unpaired) electrons. The second-order valence-electron chi connectivity index (χ2n) is 2.82. The molecule has 0 aliphatic heterocycles. The fraction of sp³-hybridized carbons (Fsp3) is 0.273. The highest BCUT2D eigenvalue weighted by Crippen LogP contribution is 2.16. The zero-order valence-electron chi connectivity index (χ0n) is 7.76. The van der Waals surface area contributed by atoms with Gasteiger partial charge >= 0.3 is 0 Å². The van der Waals surface area contributed by atoms with E-state index >= 15 is 0 Å². The molecular weight excluding hydrogens is 226 g/mol. The number of hydrogen-bond donors (Lipinski definition) is 1. The van der Waals surface area contributed by atoms with E-state index in [1.54, 1.807) is 0 Å². The van der Waals surface area contributed by atoms with E-state index in [1.165, 1.54) is 10.0 Å². The molecule has 0 saturated carbocycles. The van der Waals surface area contributed by atoms with Crippen molar-refractivity contribution < 1.29 is 0 Å². The van der Waals surface area contributed by atoms with Crippen LogP contribution in [0.25, 0.3) is 0 Å². The van der Waals surface area contributed by atoms with Crippen molar-refractivity contribution in [1.82, 2.24) is 5.32 Å². The minimum Gasteiger partial charge on any atom is -0.316 e. The molecule has 0 amide bonds. The molecule has 0 unspecified atom stereocenters. The van der Waals surface area contributed by atoms with Gasteiger partial charge in [-0.3, -0.25) is 0 Å². The molecule has 70 valence electrons. The number of hydrogen-bond acceptors (Lipinski definition) is 1. The summed E-state index contributed by atoms with van der Waals surface area (Å²) in [5.74, 6) is 0. The van der Waals surface area contributed by atoms with Gasteiger partial charge in [0.1, 0.15) is 0 Å². The molecule has 2 heteroatoms. The number of allylic oxidation sites excluding steroid dienone is 1. The normalized spacial score (nSPS) is 10.9. The monoisotopic (exact) mass is 239 g/mol. The van der Waals surface area contributed by atoms with Crippen LogP contribution < -0.4 is 5.32 Å². The van der Waals surface area contributed by atoms with E-state index in [1.807, 2.05) is 13.1 Å². The third-order valence-electron chi connectivity index (χ3n) is 1.78. The van der Waals surface area contributed by atoms with Crippen LogP contribution in [0.1, 0.15) is 5.56 Å².